The van der Waals surface area contributed by atoms with Crippen LogP contribution in [0.4, 0.5) is 0 Å². The van der Waals surface area contributed by atoms with Gasteiger partial charge >= 0.3 is 11.9 Å². The number of carboxylic acid groups (broad SMARTS) is 1. The SMILES string of the molecule is O=C(CS)OCCOC12CC3CC(C1)CC(C(=O)O)(C3)C2. The standard InChI is InChI=1S/C15H22O5S/c16-12(8-21)19-1-2-20-15-6-10-3-11(7-15)5-14(4-10,9-15)13(17)18/h10-11,21H,1-9H2,(H,17,18). The number of ether oxygens (including phenoxy) is 2. The van der Waals surface area contributed by atoms with Gasteiger partial charge in [0.15, 0.2) is 0 Å². The number of hydrogen-bond donors (Lipinski definition) is 2. The number of carbonyl (C=O) groups is 2. The fourth-order valence-electron chi connectivity index (χ4n) is 5.06. The molecule has 2 atom stereocenters. The van der Waals surface area contributed by atoms with Crippen molar-refractivity contribution in [3.8, 4) is 0 Å². The van der Waals surface area contributed by atoms with Gasteiger partial charge in [0.05, 0.1) is 23.4 Å². The first-order valence-electron chi connectivity index (χ1n) is 7.61. The molecule has 5 nitrogen and oxygen atoms in total. The maximum absolute atomic E-state index is 11.7. The van der Waals surface area contributed by atoms with Crippen molar-refractivity contribution >= 4 is 24.6 Å². The number of aliphatic carboxylic acids is 1. The Labute approximate surface area is 129 Å². The van der Waals surface area contributed by atoms with Gasteiger partial charge in [0.25, 0.3) is 0 Å². The summed E-state index contributed by atoms with van der Waals surface area (Å²) < 4.78 is 11.0. The van der Waals surface area contributed by atoms with Crippen LogP contribution < -0.4 is 0 Å². The van der Waals surface area contributed by atoms with Crippen LogP contribution in [0.3, 0.4) is 0 Å². The van der Waals surface area contributed by atoms with Crippen LogP contribution in [0.2, 0.25) is 0 Å². The second-order valence-electron chi connectivity index (χ2n) is 6.96. The molecule has 0 aromatic heterocycles. The van der Waals surface area contributed by atoms with Crippen LogP contribution in [0.1, 0.15) is 38.5 Å². The van der Waals surface area contributed by atoms with Crippen molar-refractivity contribution in [3.63, 3.8) is 0 Å². The van der Waals surface area contributed by atoms with Crippen LogP contribution in [0.15, 0.2) is 0 Å². The lowest BCUT2D eigenvalue weighted by Gasteiger charge is -2.60. The second-order valence-corrected chi connectivity index (χ2v) is 7.27. The molecule has 4 bridgehead atoms. The van der Waals surface area contributed by atoms with E-state index in [0.29, 0.717) is 24.9 Å². The van der Waals surface area contributed by atoms with E-state index in [9.17, 15) is 14.7 Å². The highest BCUT2D eigenvalue weighted by Gasteiger charge is 2.61. The van der Waals surface area contributed by atoms with E-state index in [2.05, 4.69) is 12.6 Å². The Morgan fingerprint density at radius 2 is 1.81 bits per heavy atom. The lowest BCUT2D eigenvalue weighted by atomic mass is 9.48. The molecule has 4 aliphatic rings. The van der Waals surface area contributed by atoms with Gasteiger partial charge in [0.1, 0.15) is 6.61 Å². The van der Waals surface area contributed by atoms with Crippen LogP contribution >= 0.6 is 12.6 Å². The van der Waals surface area contributed by atoms with E-state index in [4.69, 9.17) is 9.47 Å². The molecule has 21 heavy (non-hydrogen) atoms. The summed E-state index contributed by atoms with van der Waals surface area (Å²) in [4.78, 5) is 22.8. The quantitative estimate of drug-likeness (QED) is 0.445. The Hall–Kier alpha value is -0.750. The number of esters is 1. The third-order valence-corrected chi connectivity index (χ3v) is 5.60. The van der Waals surface area contributed by atoms with Gasteiger partial charge in [0, 0.05) is 0 Å². The summed E-state index contributed by atoms with van der Waals surface area (Å²) in [6.45, 7) is 0.561. The number of carboxylic acids is 1. The molecule has 0 spiro atoms. The predicted molar refractivity (Wildman–Crippen MR) is 78.2 cm³/mol. The van der Waals surface area contributed by atoms with Crippen molar-refractivity contribution in [2.24, 2.45) is 17.3 Å². The van der Waals surface area contributed by atoms with Gasteiger partial charge in [-0.15, -0.1) is 0 Å². The Bertz CT molecular complexity index is 435. The molecule has 4 rings (SSSR count). The van der Waals surface area contributed by atoms with Crippen molar-refractivity contribution in [2.45, 2.75) is 44.1 Å². The number of carbonyl (C=O) groups excluding carboxylic acids is 1. The highest BCUT2D eigenvalue weighted by Crippen LogP contribution is 2.62. The van der Waals surface area contributed by atoms with Gasteiger partial charge in [-0.25, -0.2) is 0 Å². The first-order valence-corrected chi connectivity index (χ1v) is 8.24. The summed E-state index contributed by atoms with van der Waals surface area (Å²) in [5.74, 6) is 0.00226. The molecule has 0 radical (unpaired) electrons. The Balaban J connectivity index is 1.62. The minimum absolute atomic E-state index is 0.0669. The molecule has 0 aromatic rings. The maximum atomic E-state index is 11.7. The topological polar surface area (TPSA) is 72.8 Å². The second kappa shape index (κ2) is 5.47. The number of thiol groups is 1. The summed E-state index contributed by atoms with van der Waals surface area (Å²) in [7, 11) is 0. The molecule has 4 fully saturated rings. The molecule has 1 N–H and O–H groups in total. The van der Waals surface area contributed by atoms with E-state index < -0.39 is 11.4 Å². The number of hydrogen-bond acceptors (Lipinski definition) is 5. The predicted octanol–water partition coefficient (Wildman–Crippen LogP) is 1.90. The van der Waals surface area contributed by atoms with Crippen molar-refractivity contribution in [1.82, 2.24) is 0 Å². The minimum Gasteiger partial charge on any atom is -0.481 e. The van der Waals surface area contributed by atoms with E-state index >= 15 is 0 Å². The molecular formula is C15H22O5S. The zero-order valence-corrected chi connectivity index (χ0v) is 12.9. The molecule has 4 aliphatic carbocycles. The fourth-order valence-corrected chi connectivity index (χ4v) is 5.15. The van der Waals surface area contributed by atoms with Crippen LogP contribution in [-0.4, -0.2) is 41.6 Å². The molecule has 0 aliphatic heterocycles. The summed E-state index contributed by atoms with van der Waals surface area (Å²) in [6.07, 6.45) is 5.28. The smallest absolute Gasteiger partial charge is 0.315 e. The zero-order valence-electron chi connectivity index (χ0n) is 12.0. The number of rotatable bonds is 6. The molecule has 118 valence electrons. The zero-order chi connectivity index (χ0) is 15.1. The molecule has 0 amide bonds. The third-order valence-electron chi connectivity index (χ3n) is 5.34. The third kappa shape index (κ3) is 2.80. The van der Waals surface area contributed by atoms with Crippen molar-refractivity contribution in [1.29, 1.82) is 0 Å². The largest absolute Gasteiger partial charge is 0.481 e. The van der Waals surface area contributed by atoms with Crippen molar-refractivity contribution < 1.29 is 24.2 Å². The van der Waals surface area contributed by atoms with Crippen LogP contribution in [0.25, 0.3) is 0 Å². The monoisotopic (exact) mass is 314 g/mol. The summed E-state index contributed by atoms with van der Waals surface area (Å²) >= 11 is 3.85. The first-order chi connectivity index (χ1) is 9.97. The maximum Gasteiger partial charge on any atom is 0.315 e. The van der Waals surface area contributed by atoms with Crippen LogP contribution in [0.5, 0.6) is 0 Å². The van der Waals surface area contributed by atoms with Gasteiger partial charge in [-0.2, -0.15) is 12.6 Å². The summed E-state index contributed by atoms with van der Waals surface area (Å²) in [5.41, 5.74) is -0.887. The molecular weight excluding hydrogens is 292 g/mol. The average molecular weight is 314 g/mol. The Morgan fingerprint density at radius 1 is 1.14 bits per heavy atom. The van der Waals surface area contributed by atoms with Gasteiger partial charge in [-0.3, -0.25) is 9.59 Å². The van der Waals surface area contributed by atoms with Crippen LogP contribution in [0, 0.1) is 17.3 Å². The lowest BCUT2D eigenvalue weighted by Crippen LogP contribution is -2.59. The molecule has 4 saturated carbocycles. The van der Waals surface area contributed by atoms with Crippen molar-refractivity contribution in [3.05, 3.63) is 0 Å². The average Bonchev–Trinajstić information content (AvgIpc) is 2.41. The fraction of sp³-hybridized carbons (Fsp3) is 0.867. The Morgan fingerprint density at radius 3 is 2.38 bits per heavy atom. The van der Waals surface area contributed by atoms with Gasteiger partial charge in [0.2, 0.25) is 0 Å². The molecule has 6 heteroatoms. The van der Waals surface area contributed by atoms with E-state index in [0.717, 1.165) is 32.1 Å². The van der Waals surface area contributed by atoms with Gasteiger partial charge < -0.3 is 14.6 Å². The minimum atomic E-state index is -0.661. The van der Waals surface area contributed by atoms with Crippen molar-refractivity contribution in [2.75, 3.05) is 19.0 Å². The van der Waals surface area contributed by atoms with E-state index in [1.165, 1.54) is 0 Å². The lowest BCUT2D eigenvalue weighted by molar-refractivity contribution is -0.209. The van der Waals surface area contributed by atoms with Gasteiger partial charge in [-0.05, 0) is 50.4 Å². The van der Waals surface area contributed by atoms with E-state index in [1.54, 1.807) is 0 Å². The van der Waals surface area contributed by atoms with E-state index in [-0.39, 0.29) is 23.9 Å². The van der Waals surface area contributed by atoms with E-state index in [1.807, 2.05) is 0 Å². The molecule has 0 saturated heterocycles. The highest BCUT2D eigenvalue weighted by atomic mass is 32.1. The Kier molecular flexibility index (Phi) is 3.94. The molecule has 0 aromatic carbocycles. The highest BCUT2D eigenvalue weighted by molar-refractivity contribution is 7.81. The first kappa shape index (κ1) is 15.2. The summed E-state index contributed by atoms with van der Waals surface area (Å²) in [6, 6.07) is 0. The molecule has 0 heterocycles. The summed E-state index contributed by atoms with van der Waals surface area (Å²) in [5, 5.41) is 9.64. The van der Waals surface area contributed by atoms with Gasteiger partial charge in [-0.1, -0.05) is 0 Å². The molecule has 2 unspecified atom stereocenters. The normalized spacial score (nSPS) is 40.2. The van der Waals surface area contributed by atoms with Crippen LogP contribution in [-0.2, 0) is 19.1 Å².